The molecule has 0 saturated carbocycles. The van der Waals surface area contributed by atoms with Crippen molar-refractivity contribution in [2.75, 3.05) is 11.5 Å². The van der Waals surface area contributed by atoms with Crippen LogP contribution in [0.5, 0.6) is 11.5 Å². The molecule has 2 heterocycles. The zero-order chi connectivity index (χ0) is 29.2. The summed E-state index contributed by atoms with van der Waals surface area (Å²) in [6.07, 6.45) is 1.70. The number of carbonyl (C=O) groups is 2. The summed E-state index contributed by atoms with van der Waals surface area (Å²) in [7, 11) is 0. The second-order valence-corrected chi connectivity index (χ2v) is 10.8. The van der Waals surface area contributed by atoms with Gasteiger partial charge in [0.05, 0.1) is 29.2 Å². The van der Waals surface area contributed by atoms with Gasteiger partial charge in [-0.15, -0.1) is 0 Å². The van der Waals surface area contributed by atoms with Crippen LogP contribution in [0, 0.1) is 0 Å². The number of halogens is 1. The molecule has 1 amide bonds. The Hall–Kier alpha value is -4.69. The molecule has 1 atom stereocenters. The molecule has 1 aliphatic heterocycles. The molecule has 6 rings (SSSR count). The maximum atomic E-state index is 14.0. The van der Waals surface area contributed by atoms with Gasteiger partial charge in [-0.3, -0.25) is 14.5 Å². The summed E-state index contributed by atoms with van der Waals surface area (Å²) in [5.41, 5.74) is 1.81. The van der Waals surface area contributed by atoms with Crippen molar-refractivity contribution in [1.82, 2.24) is 0 Å². The summed E-state index contributed by atoms with van der Waals surface area (Å²) in [5.74, 6) is 0.313. The highest BCUT2D eigenvalue weighted by molar-refractivity contribution is 9.10. The van der Waals surface area contributed by atoms with E-state index in [0.29, 0.717) is 45.9 Å². The topological polar surface area (TPSA) is 86.0 Å². The molecule has 0 spiro atoms. The number of nitrogens with zero attached hydrogens (tertiary/aromatic N) is 1. The van der Waals surface area contributed by atoms with Gasteiger partial charge >= 0.3 is 5.97 Å². The van der Waals surface area contributed by atoms with E-state index >= 15 is 0 Å². The number of anilines is 1. The first-order valence-corrected chi connectivity index (χ1v) is 14.4. The third kappa shape index (κ3) is 5.21. The fraction of sp³-hybridized carbons (Fsp3) is 0.147. The molecule has 5 aromatic rings. The molecule has 0 N–H and O–H groups in total. The van der Waals surface area contributed by atoms with E-state index in [1.807, 2.05) is 61.5 Å². The van der Waals surface area contributed by atoms with E-state index in [1.165, 1.54) is 4.90 Å². The Morgan fingerprint density at radius 1 is 0.905 bits per heavy atom. The second-order valence-electron chi connectivity index (χ2n) is 9.92. The van der Waals surface area contributed by atoms with Crippen LogP contribution in [0.25, 0.3) is 11.0 Å². The summed E-state index contributed by atoms with van der Waals surface area (Å²) in [6.45, 7) is 2.37. The van der Waals surface area contributed by atoms with E-state index in [4.69, 9.17) is 13.9 Å². The first-order chi connectivity index (χ1) is 20.4. The first-order valence-electron chi connectivity index (χ1n) is 13.6. The van der Waals surface area contributed by atoms with Crippen molar-refractivity contribution >= 4 is 44.5 Å². The average molecular weight is 624 g/mol. The molecule has 210 valence electrons. The molecule has 0 saturated heterocycles. The van der Waals surface area contributed by atoms with Crippen molar-refractivity contribution in [2.24, 2.45) is 0 Å². The van der Waals surface area contributed by atoms with E-state index in [0.717, 1.165) is 17.3 Å². The van der Waals surface area contributed by atoms with Gasteiger partial charge in [-0.05, 0) is 78.7 Å². The lowest BCUT2D eigenvalue weighted by Gasteiger charge is -2.25. The van der Waals surface area contributed by atoms with E-state index < -0.39 is 17.9 Å². The summed E-state index contributed by atoms with van der Waals surface area (Å²) in [6, 6.07) is 27.6. The Bertz CT molecular complexity index is 1850. The molecular weight excluding hydrogens is 598 g/mol. The number of amides is 1. The highest BCUT2D eigenvalue weighted by atomic mass is 79.9. The molecular formula is C34H26BrNO6. The van der Waals surface area contributed by atoms with Crippen LogP contribution in [-0.4, -0.2) is 18.5 Å². The van der Waals surface area contributed by atoms with Gasteiger partial charge in [0.15, 0.2) is 5.43 Å². The van der Waals surface area contributed by atoms with Crippen LogP contribution >= 0.6 is 15.9 Å². The molecule has 0 aliphatic carbocycles. The van der Waals surface area contributed by atoms with Crippen molar-refractivity contribution in [3.05, 3.63) is 134 Å². The van der Waals surface area contributed by atoms with Crippen LogP contribution in [0.2, 0.25) is 0 Å². The van der Waals surface area contributed by atoms with Crippen LogP contribution in [0.3, 0.4) is 0 Å². The van der Waals surface area contributed by atoms with Crippen molar-refractivity contribution in [3.8, 4) is 11.5 Å². The normalized spacial score (nSPS) is 14.2. The third-order valence-corrected chi connectivity index (χ3v) is 7.59. The minimum absolute atomic E-state index is 0.0164. The molecule has 0 fully saturated rings. The van der Waals surface area contributed by atoms with Gasteiger partial charge in [-0.1, -0.05) is 59.6 Å². The Balaban J connectivity index is 1.45. The van der Waals surface area contributed by atoms with E-state index in [2.05, 4.69) is 15.9 Å². The van der Waals surface area contributed by atoms with Crippen molar-refractivity contribution in [1.29, 1.82) is 0 Å². The lowest BCUT2D eigenvalue weighted by molar-refractivity contribution is 0.0499. The van der Waals surface area contributed by atoms with Crippen LogP contribution < -0.4 is 15.1 Å². The second kappa shape index (κ2) is 11.7. The first kappa shape index (κ1) is 27.5. The fourth-order valence-corrected chi connectivity index (χ4v) is 5.41. The van der Waals surface area contributed by atoms with Crippen molar-refractivity contribution in [2.45, 2.75) is 25.8 Å². The molecule has 42 heavy (non-hydrogen) atoms. The highest BCUT2D eigenvalue weighted by Gasteiger charge is 2.43. The SMILES string of the molecule is CCCCOC(=O)c1ccc(N2C(=O)c3oc4ccc(Br)cc4c(=O)c3C2c2cccc(Oc3ccccc3)c2)cc1. The van der Waals surface area contributed by atoms with E-state index in [-0.39, 0.29) is 16.8 Å². The molecule has 1 aromatic heterocycles. The largest absolute Gasteiger partial charge is 0.462 e. The standard InChI is InChI=1S/C34H26BrNO6/c1-2-3-18-40-34(39)21-12-15-24(16-13-21)36-30(22-8-7-11-26(19-22)41-25-9-5-4-6-10-25)29-31(37)27-20-23(35)14-17-28(27)42-32(29)33(36)38/h4-17,19-20,30H,2-3,18H2,1H3. The van der Waals surface area contributed by atoms with Crippen LogP contribution in [0.4, 0.5) is 5.69 Å². The van der Waals surface area contributed by atoms with Gasteiger partial charge in [-0.25, -0.2) is 4.79 Å². The number of rotatable bonds is 8. The predicted octanol–water partition coefficient (Wildman–Crippen LogP) is 8.05. The fourth-order valence-electron chi connectivity index (χ4n) is 5.05. The van der Waals surface area contributed by atoms with Crippen LogP contribution in [0.15, 0.2) is 111 Å². The third-order valence-electron chi connectivity index (χ3n) is 7.10. The number of benzene rings is 4. The van der Waals surface area contributed by atoms with Crippen LogP contribution in [-0.2, 0) is 4.74 Å². The molecule has 0 radical (unpaired) electrons. The predicted molar refractivity (Wildman–Crippen MR) is 163 cm³/mol. The van der Waals surface area contributed by atoms with Gasteiger partial charge < -0.3 is 13.9 Å². The molecule has 1 unspecified atom stereocenters. The zero-order valence-corrected chi connectivity index (χ0v) is 24.3. The lowest BCUT2D eigenvalue weighted by atomic mass is 9.98. The number of hydrogen-bond donors (Lipinski definition) is 0. The summed E-state index contributed by atoms with van der Waals surface area (Å²) < 4.78 is 18.2. The molecule has 1 aliphatic rings. The Morgan fingerprint density at radius 3 is 2.43 bits per heavy atom. The Kier molecular flexibility index (Phi) is 7.63. The number of fused-ring (bicyclic) bond motifs is 2. The van der Waals surface area contributed by atoms with Gasteiger partial charge in [0.2, 0.25) is 5.76 Å². The maximum Gasteiger partial charge on any atom is 0.338 e. The van der Waals surface area contributed by atoms with Gasteiger partial charge in [0.1, 0.15) is 17.1 Å². The zero-order valence-electron chi connectivity index (χ0n) is 22.7. The maximum absolute atomic E-state index is 14.0. The van der Waals surface area contributed by atoms with E-state index in [1.54, 1.807) is 42.5 Å². The smallest absolute Gasteiger partial charge is 0.338 e. The monoisotopic (exact) mass is 623 g/mol. The van der Waals surface area contributed by atoms with Gasteiger partial charge in [-0.2, -0.15) is 0 Å². The number of hydrogen-bond acceptors (Lipinski definition) is 6. The highest BCUT2D eigenvalue weighted by Crippen LogP contribution is 2.42. The summed E-state index contributed by atoms with van der Waals surface area (Å²) in [4.78, 5) is 42.0. The van der Waals surface area contributed by atoms with Crippen LogP contribution in [0.1, 0.15) is 57.8 Å². The van der Waals surface area contributed by atoms with Gasteiger partial charge in [0, 0.05) is 10.2 Å². The quantitative estimate of drug-likeness (QED) is 0.128. The van der Waals surface area contributed by atoms with Crippen molar-refractivity contribution in [3.63, 3.8) is 0 Å². The minimum Gasteiger partial charge on any atom is -0.462 e. The average Bonchev–Trinajstić information content (AvgIpc) is 3.30. The minimum atomic E-state index is -0.797. The number of ether oxygens (including phenoxy) is 2. The van der Waals surface area contributed by atoms with Crippen molar-refractivity contribution < 1.29 is 23.5 Å². The number of carbonyl (C=O) groups excluding carboxylic acids is 2. The van der Waals surface area contributed by atoms with Gasteiger partial charge in [0.25, 0.3) is 5.91 Å². The molecule has 8 heteroatoms. The van der Waals surface area contributed by atoms with E-state index in [9.17, 15) is 14.4 Å². The molecule has 0 bridgehead atoms. The molecule has 7 nitrogen and oxygen atoms in total. The summed E-state index contributed by atoms with van der Waals surface area (Å²) >= 11 is 3.43. The number of esters is 1. The Morgan fingerprint density at radius 2 is 1.67 bits per heavy atom. The molecule has 4 aromatic carbocycles. The number of unbranched alkanes of at least 4 members (excludes halogenated alkanes) is 1. The summed E-state index contributed by atoms with van der Waals surface area (Å²) in [5, 5.41) is 0.365. The number of para-hydroxylation sites is 1. The lowest BCUT2D eigenvalue weighted by Crippen LogP contribution is -2.29. The Labute approximate surface area is 250 Å².